The second-order valence-corrected chi connectivity index (χ2v) is 5.23. The predicted octanol–water partition coefficient (Wildman–Crippen LogP) is 2.76. The number of thiophene rings is 1. The highest BCUT2D eigenvalue weighted by atomic mass is 32.1. The summed E-state index contributed by atoms with van der Waals surface area (Å²) < 4.78 is 0. The zero-order valence-electron chi connectivity index (χ0n) is 11.1. The molecular formula is C15H15NO3S. The van der Waals surface area contributed by atoms with Gasteiger partial charge in [-0.1, -0.05) is 18.2 Å². The maximum absolute atomic E-state index is 12.1. The maximum atomic E-state index is 12.1. The molecule has 1 aromatic heterocycles. The van der Waals surface area contributed by atoms with Crippen LogP contribution in [0.2, 0.25) is 0 Å². The van der Waals surface area contributed by atoms with Gasteiger partial charge in [0.2, 0.25) is 0 Å². The smallest absolute Gasteiger partial charge is 0.335 e. The van der Waals surface area contributed by atoms with Crippen LogP contribution >= 0.6 is 11.3 Å². The van der Waals surface area contributed by atoms with Crippen LogP contribution < -0.4 is 0 Å². The summed E-state index contributed by atoms with van der Waals surface area (Å²) in [4.78, 5) is 24.8. The van der Waals surface area contributed by atoms with Crippen LogP contribution in [0.1, 0.15) is 26.3 Å². The van der Waals surface area contributed by atoms with E-state index in [1.165, 1.54) is 11.3 Å². The standard InChI is InChI=1S/C15H15NO3S/c1-16(14(17)12-7-9-20-10-12)8-6-11-4-2-3-5-13(11)15(18)19/h2-5,7,9-10H,6,8H2,1H3,(H,18,19). The maximum Gasteiger partial charge on any atom is 0.335 e. The Bertz CT molecular complexity index is 607. The zero-order valence-corrected chi connectivity index (χ0v) is 11.9. The van der Waals surface area contributed by atoms with Crippen LogP contribution in [0.4, 0.5) is 0 Å². The molecule has 104 valence electrons. The molecule has 0 saturated heterocycles. The minimum atomic E-state index is -0.938. The third-order valence-electron chi connectivity index (χ3n) is 3.08. The molecule has 0 atom stereocenters. The SMILES string of the molecule is CN(CCc1ccccc1C(=O)O)C(=O)c1ccsc1. The number of hydrogen-bond acceptors (Lipinski definition) is 3. The van der Waals surface area contributed by atoms with Gasteiger partial charge >= 0.3 is 5.97 Å². The fourth-order valence-electron chi connectivity index (χ4n) is 1.94. The molecule has 0 bridgehead atoms. The van der Waals surface area contributed by atoms with E-state index in [4.69, 9.17) is 5.11 Å². The van der Waals surface area contributed by atoms with Crippen molar-refractivity contribution in [2.75, 3.05) is 13.6 Å². The topological polar surface area (TPSA) is 57.6 Å². The van der Waals surface area contributed by atoms with Crippen LogP contribution in [-0.4, -0.2) is 35.5 Å². The second kappa shape index (κ2) is 6.34. The van der Waals surface area contributed by atoms with Gasteiger partial charge < -0.3 is 10.0 Å². The number of hydrogen-bond donors (Lipinski definition) is 1. The molecule has 4 nitrogen and oxygen atoms in total. The van der Waals surface area contributed by atoms with Crippen molar-refractivity contribution in [2.45, 2.75) is 6.42 Å². The highest BCUT2D eigenvalue weighted by Gasteiger charge is 2.14. The van der Waals surface area contributed by atoms with E-state index in [0.29, 0.717) is 24.1 Å². The number of rotatable bonds is 5. The molecule has 2 rings (SSSR count). The minimum absolute atomic E-state index is 0.0425. The van der Waals surface area contributed by atoms with Crippen molar-refractivity contribution in [1.29, 1.82) is 0 Å². The van der Waals surface area contributed by atoms with Gasteiger partial charge in [-0.05, 0) is 29.5 Å². The van der Waals surface area contributed by atoms with E-state index < -0.39 is 5.97 Å². The molecule has 1 aromatic carbocycles. The molecule has 1 heterocycles. The fourth-order valence-corrected chi connectivity index (χ4v) is 2.57. The molecule has 0 aliphatic carbocycles. The Morgan fingerprint density at radius 1 is 1.25 bits per heavy atom. The Hall–Kier alpha value is -2.14. The van der Waals surface area contributed by atoms with Crippen LogP contribution in [-0.2, 0) is 6.42 Å². The molecule has 1 amide bonds. The first-order valence-electron chi connectivity index (χ1n) is 6.18. The average molecular weight is 289 g/mol. The number of nitrogens with zero attached hydrogens (tertiary/aromatic N) is 1. The van der Waals surface area contributed by atoms with E-state index in [1.807, 2.05) is 16.8 Å². The largest absolute Gasteiger partial charge is 0.478 e. The Labute approximate surface area is 121 Å². The van der Waals surface area contributed by atoms with Crippen LogP contribution in [0.15, 0.2) is 41.1 Å². The van der Waals surface area contributed by atoms with Gasteiger partial charge in [0.15, 0.2) is 0 Å². The van der Waals surface area contributed by atoms with E-state index in [-0.39, 0.29) is 5.91 Å². The van der Waals surface area contributed by atoms with Crippen molar-refractivity contribution < 1.29 is 14.7 Å². The summed E-state index contributed by atoms with van der Waals surface area (Å²) in [5.74, 6) is -0.980. The van der Waals surface area contributed by atoms with Crippen molar-refractivity contribution in [1.82, 2.24) is 4.90 Å². The highest BCUT2D eigenvalue weighted by molar-refractivity contribution is 7.08. The van der Waals surface area contributed by atoms with Gasteiger partial charge in [-0.3, -0.25) is 4.79 Å². The van der Waals surface area contributed by atoms with Gasteiger partial charge in [0.1, 0.15) is 0 Å². The van der Waals surface area contributed by atoms with Crippen LogP contribution in [0, 0.1) is 0 Å². The monoisotopic (exact) mass is 289 g/mol. The first kappa shape index (κ1) is 14.3. The number of carbonyl (C=O) groups excluding carboxylic acids is 1. The Kier molecular flexibility index (Phi) is 4.53. The van der Waals surface area contributed by atoms with Crippen molar-refractivity contribution in [3.63, 3.8) is 0 Å². The Morgan fingerprint density at radius 2 is 2.00 bits per heavy atom. The van der Waals surface area contributed by atoms with Crippen molar-refractivity contribution in [3.05, 3.63) is 57.8 Å². The summed E-state index contributed by atoms with van der Waals surface area (Å²) in [7, 11) is 1.73. The summed E-state index contributed by atoms with van der Waals surface area (Å²) in [6, 6.07) is 8.66. The first-order chi connectivity index (χ1) is 9.59. The van der Waals surface area contributed by atoms with Gasteiger partial charge in [0.25, 0.3) is 5.91 Å². The minimum Gasteiger partial charge on any atom is -0.478 e. The van der Waals surface area contributed by atoms with Crippen molar-refractivity contribution in [3.8, 4) is 0 Å². The number of aromatic carboxylic acids is 1. The van der Waals surface area contributed by atoms with E-state index in [1.54, 1.807) is 36.2 Å². The van der Waals surface area contributed by atoms with Crippen LogP contribution in [0.25, 0.3) is 0 Å². The van der Waals surface area contributed by atoms with Gasteiger partial charge in [0, 0.05) is 19.0 Å². The quantitative estimate of drug-likeness (QED) is 0.920. The normalized spacial score (nSPS) is 10.2. The van der Waals surface area contributed by atoms with Crippen molar-refractivity contribution in [2.24, 2.45) is 0 Å². The Balaban J connectivity index is 2.02. The third-order valence-corrected chi connectivity index (χ3v) is 3.76. The molecule has 2 aromatic rings. The summed E-state index contributed by atoms with van der Waals surface area (Å²) in [5, 5.41) is 12.8. The molecule has 5 heteroatoms. The van der Waals surface area contributed by atoms with Crippen molar-refractivity contribution >= 4 is 23.2 Å². The summed E-state index contributed by atoms with van der Waals surface area (Å²) >= 11 is 1.48. The number of benzene rings is 1. The molecule has 0 spiro atoms. The molecule has 0 aliphatic heterocycles. The second-order valence-electron chi connectivity index (χ2n) is 4.45. The van der Waals surface area contributed by atoms with Crippen LogP contribution in [0.5, 0.6) is 0 Å². The fraction of sp³-hybridized carbons (Fsp3) is 0.200. The molecule has 0 saturated carbocycles. The predicted molar refractivity (Wildman–Crippen MR) is 78.4 cm³/mol. The molecule has 0 unspecified atom stereocenters. The van der Waals surface area contributed by atoms with Gasteiger partial charge in [-0.2, -0.15) is 11.3 Å². The van der Waals surface area contributed by atoms with E-state index in [9.17, 15) is 9.59 Å². The van der Waals surface area contributed by atoms with Gasteiger partial charge in [0.05, 0.1) is 11.1 Å². The lowest BCUT2D eigenvalue weighted by molar-refractivity contribution is 0.0695. The lowest BCUT2D eigenvalue weighted by Gasteiger charge is -2.17. The third kappa shape index (κ3) is 3.24. The molecule has 20 heavy (non-hydrogen) atoms. The molecule has 0 aliphatic rings. The number of carboxylic acids is 1. The number of carboxylic acid groups (broad SMARTS) is 1. The van der Waals surface area contributed by atoms with E-state index in [0.717, 1.165) is 5.56 Å². The first-order valence-corrected chi connectivity index (χ1v) is 7.12. The lowest BCUT2D eigenvalue weighted by atomic mass is 10.0. The highest BCUT2D eigenvalue weighted by Crippen LogP contribution is 2.12. The van der Waals surface area contributed by atoms with E-state index in [2.05, 4.69) is 0 Å². The van der Waals surface area contributed by atoms with Crippen LogP contribution in [0.3, 0.4) is 0 Å². The average Bonchev–Trinajstić information content (AvgIpc) is 2.98. The van der Waals surface area contributed by atoms with E-state index >= 15 is 0 Å². The lowest BCUT2D eigenvalue weighted by Crippen LogP contribution is -2.28. The number of amides is 1. The summed E-state index contributed by atoms with van der Waals surface area (Å²) in [5.41, 5.74) is 1.71. The zero-order chi connectivity index (χ0) is 14.5. The summed E-state index contributed by atoms with van der Waals surface area (Å²) in [6.45, 7) is 0.485. The number of carbonyl (C=O) groups is 2. The summed E-state index contributed by atoms with van der Waals surface area (Å²) in [6.07, 6.45) is 0.523. The van der Waals surface area contributed by atoms with Gasteiger partial charge in [-0.25, -0.2) is 4.79 Å². The molecular weight excluding hydrogens is 274 g/mol. The molecule has 1 N–H and O–H groups in total. The van der Waals surface area contributed by atoms with Gasteiger partial charge in [-0.15, -0.1) is 0 Å². The molecule has 0 radical (unpaired) electrons. The number of likely N-dealkylation sites (N-methyl/N-ethyl adjacent to an activating group) is 1. The Morgan fingerprint density at radius 3 is 2.65 bits per heavy atom. The molecule has 0 fully saturated rings.